The first-order valence-electron chi connectivity index (χ1n) is 8.75. The van der Waals surface area contributed by atoms with Crippen LogP contribution in [0.15, 0.2) is 40.2 Å². The van der Waals surface area contributed by atoms with Gasteiger partial charge in [-0.2, -0.15) is 0 Å². The lowest BCUT2D eigenvalue weighted by atomic mass is 10.2. The number of nitrogens with one attached hydrogen (secondary N) is 1. The molecule has 0 aliphatic heterocycles. The number of amides is 1. The van der Waals surface area contributed by atoms with Gasteiger partial charge in [0.2, 0.25) is 0 Å². The highest BCUT2D eigenvalue weighted by Gasteiger charge is 2.18. The van der Waals surface area contributed by atoms with Crippen LogP contribution in [-0.4, -0.2) is 28.0 Å². The van der Waals surface area contributed by atoms with Crippen LogP contribution in [0.4, 0.5) is 5.13 Å². The zero-order valence-electron chi connectivity index (χ0n) is 15.8. The molecule has 2 aromatic heterocycles. The molecule has 0 aliphatic rings. The van der Waals surface area contributed by atoms with Crippen molar-refractivity contribution >= 4 is 44.3 Å². The molecular formula is C20H20BrN3O3S. The summed E-state index contributed by atoms with van der Waals surface area (Å²) in [6.07, 6.45) is 0.0955. The molecule has 0 bridgehead atoms. The molecule has 3 aromatic rings. The number of carbonyl (C=O) groups is 2. The van der Waals surface area contributed by atoms with E-state index in [2.05, 4.69) is 26.2 Å². The standard InChI is InChI=1S/C20H20BrN3O3S/c1-4-27-18(25)10-15-11-28-20(22-15)23-19(26)17-9-12(2)24(13(17)3)16-7-5-14(21)6-8-16/h5-9,11H,4,10H2,1-3H3,(H,22,23,26). The van der Waals surface area contributed by atoms with E-state index >= 15 is 0 Å². The molecular weight excluding hydrogens is 442 g/mol. The number of anilines is 1. The van der Waals surface area contributed by atoms with Gasteiger partial charge in [0, 0.05) is 26.9 Å². The van der Waals surface area contributed by atoms with Crippen molar-refractivity contribution in [2.45, 2.75) is 27.2 Å². The SMILES string of the molecule is CCOC(=O)Cc1csc(NC(=O)c2cc(C)n(-c3ccc(Br)cc3)c2C)n1. The number of aryl methyl sites for hydroxylation is 1. The molecule has 0 atom stereocenters. The summed E-state index contributed by atoms with van der Waals surface area (Å²) in [6.45, 7) is 5.97. The molecule has 8 heteroatoms. The van der Waals surface area contributed by atoms with Crippen molar-refractivity contribution in [2.24, 2.45) is 0 Å². The summed E-state index contributed by atoms with van der Waals surface area (Å²) in [4.78, 5) is 28.6. The second kappa shape index (κ2) is 8.70. The molecule has 3 rings (SSSR count). The summed E-state index contributed by atoms with van der Waals surface area (Å²) >= 11 is 4.72. The van der Waals surface area contributed by atoms with Crippen molar-refractivity contribution in [1.29, 1.82) is 0 Å². The first-order chi connectivity index (χ1) is 13.4. The summed E-state index contributed by atoms with van der Waals surface area (Å²) in [5.41, 5.74) is 3.97. The van der Waals surface area contributed by atoms with Crippen molar-refractivity contribution in [3.8, 4) is 5.69 Å². The summed E-state index contributed by atoms with van der Waals surface area (Å²) < 4.78 is 7.96. The minimum Gasteiger partial charge on any atom is -0.466 e. The fraction of sp³-hybridized carbons (Fsp3) is 0.250. The van der Waals surface area contributed by atoms with E-state index < -0.39 is 0 Å². The third kappa shape index (κ3) is 4.51. The number of nitrogens with zero attached hydrogens (tertiary/aromatic N) is 2. The molecule has 0 aliphatic carbocycles. The van der Waals surface area contributed by atoms with Crippen molar-refractivity contribution < 1.29 is 14.3 Å². The second-order valence-electron chi connectivity index (χ2n) is 6.18. The van der Waals surface area contributed by atoms with Crippen LogP contribution in [0.5, 0.6) is 0 Å². The minimum atomic E-state index is -0.330. The highest BCUT2D eigenvalue weighted by atomic mass is 79.9. The second-order valence-corrected chi connectivity index (χ2v) is 7.95. The van der Waals surface area contributed by atoms with Crippen molar-refractivity contribution in [3.63, 3.8) is 0 Å². The van der Waals surface area contributed by atoms with Gasteiger partial charge in [-0.05, 0) is 51.1 Å². The van der Waals surface area contributed by atoms with Crippen LogP contribution < -0.4 is 5.32 Å². The normalized spacial score (nSPS) is 10.7. The van der Waals surface area contributed by atoms with Gasteiger partial charge in [0.25, 0.3) is 5.91 Å². The third-order valence-corrected chi connectivity index (χ3v) is 5.50. The maximum atomic E-state index is 12.8. The Morgan fingerprint density at radius 3 is 2.64 bits per heavy atom. The highest BCUT2D eigenvalue weighted by Crippen LogP contribution is 2.24. The first kappa shape index (κ1) is 20.3. The Morgan fingerprint density at radius 1 is 1.25 bits per heavy atom. The number of rotatable bonds is 6. The van der Waals surface area contributed by atoms with Crippen LogP contribution in [0.1, 0.15) is 34.4 Å². The lowest BCUT2D eigenvalue weighted by molar-refractivity contribution is -0.142. The van der Waals surface area contributed by atoms with E-state index in [0.29, 0.717) is 23.0 Å². The number of benzene rings is 1. The van der Waals surface area contributed by atoms with E-state index in [4.69, 9.17) is 4.74 Å². The Bertz CT molecular complexity index is 1010. The van der Waals surface area contributed by atoms with E-state index in [1.165, 1.54) is 11.3 Å². The average molecular weight is 462 g/mol. The number of esters is 1. The molecule has 1 aromatic carbocycles. The molecule has 0 fully saturated rings. The van der Waals surface area contributed by atoms with Gasteiger partial charge in [0.1, 0.15) is 0 Å². The zero-order chi connectivity index (χ0) is 20.3. The van der Waals surface area contributed by atoms with E-state index in [1.807, 2.05) is 48.7 Å². The van der Waals surface area contributed by atoms with Crippen LogP contribution in [0.25, 0.3) is 5.69 Å². The predicted octanol–water partition coefficient (Wildman–Crippen LogP) is 4.67. The van der Waals surface area contributed by atoms with Gasteiger partial charge in [0.15, 0.2) is 5.13 Å². The van der Waals surface area contributed by atoms with Gasteiger partial charge in [-0.25, -0.2) is 4.98 Å². The average Bonchev–Trinajstić information content (AvgIpc) is 3.20. The lowest BCUT2D eigenvalue weighted by Crippen LogP contribution is -2.13. The Kier molecular flexibility index (Phi) is 6.31. The maximum Gasteiger partial charge on any atom is 0.311 e. The summed E-state index contributed by atoms with van der Waals surface area (Å²) in [5.74, 6) is -0.558. The van der Waals surface area contributed by atoms with Crippen LogP contribution in [0, 0.1) is 13.8 Å². The largest absolute Gasteiger partial charge is 0.466 e. The van der Waals surface area contributed by atoms with Crippen LogP contribution >= 0.6 is 27.3 Å². The van der Waals surface area contributed by atoms with E-state index in [-0.39, 0.29) is 18.3 Å². The number of ether oxygens (including phenoxy) is 1. The maximum absolute atomic E-state index is 12.8. The van der Waals surface area contributed by atoms with Gasteiger partial charge in [-0.15, -0.1) is 11.3 Å². The minimum absolute atomic E-state index is 0.0955. The van der Waals surface area contributed by atoms with Crippen molar-refractivity contribution in [1.82, 2.24) is 9.55 Å². The molecule has 2 heterocycles. The number of carbonyl (C=O) groups excluding carboxylic acids is 2. The van der Waals surface area contributed by atoms with E-state index in [1.54, 1.807) is 12.3 Å². The molecule has 0 saturated heterocycles. The summed E-state index contributed by atoms with van der Waals surface area (Å²) in [6, 6.07) is 9.78. The number of thiazole rings is 1. The summed E-state index contributed by atoms with van der Waals surface area (Å²) in [7, 11) is 0. The monoisotopic (exact) mass is 461 g/mol. The Hall–Kier alpha value is -2.45. The van der Waals surface area contributed by atoms with Crippen molar-refractivity contribution in [3.05, 3.63) is 62.8 Å². The van der Waals surface area contributed by atoms with Crippen LogP contribution in [0.3, 0.4) is 0 Å². The molecule has 0 spiro atoms. The highest BCUT2D eigenvalue weighted by molar-refractivity contribution is 9.10. The number of halogens is 1. The molecule has 0 saturated carbocycles. The quantitative estimate of drug-likeness (QED) is 0.541. The number of hydrogen-bond acceptors (Lipinski definition) is 5. The first-order valence-corrected chi connectivity index (χ1v) is 10.4. The molecule has 1 amide bonds. The van der Waals surface area contributed by atoms with Gasteiger partial charge in [0.05, 0.1) is 24.3 Å². The van der Waals surface area contributed by atoms with Gasteiger partial charge >= 0.3 is 5.97 Å². The molecule has 146 valence electrons. The smallest absolute Gasteiger partial charge is 0.311 e. The number of aromatic nitrogens is 2. The van der Waals surface area contributed by atoms with Gasteiger partial charge in [-0.1, -0.05) is 15.9 Å². The van der Waals surface area contributed by atoms with E-state index in [9.17, 15) is 9.59 Å². The fourth-order valence-corrected chi connectivity index (χ4v) is 3.92. The Labute approximate surface area is 175 Å². The zero-order valence-corrected chi connectivity index (χ0v) is 18.2. The van der Waals surface area contributed by atoms with Crippen LogP contribution in [0.2, 0.25) is 0 Å². The topological polar surface area (TPSA) is 73.2 Å². The molecule has 1 N–H and O–H groups in total. The van der Waals surface area contributed by atoms with Gasteiger partial charge in [-0.3, -0.25) is 14.9 Å². The Balaban J connectivity index is 1.77. The summed E-state index contributed by atoms with van der Waals surface area (Å²) in [5, 5.41) is 5.03. The van der Waals surface area contributed by atoms with Gasteiger partial charge < -0.3 is 9.30 Å². The molecule has 28 heavy (non-hydrogen) atoms. The molecule has 6 nitrogen and oxygen atoms in total. The van der Waals surface area contributed by atoms with Crippen LogP contribution in [-0.2, 0) is 16.0 Å². The molecule has 0 radical (unpaired) electrons. The van der Waals surface area contributed by atoms with Crippen molar-refractivity contribution in [2.75, 3.05) is 11.9 Å². The predicted molar refractivity (Wildman–Crippen MR) is 113 cm³/mol. The molecule has 0 unspecified atom stereocenters. The van der Waals surface area contributed by atoms with E-state index in [0.717, 1.165) is 21.5 Å². The Morgan fingerprint density at radius 2 is 1.96 bits per heavy atom. The number of hydrogen-bond donors (Lipinski definition) is 1. The third-order valence-electron chi connectivity index (χ3n) is 4.16. The lowest BCUT2D eigenvalue weighted by Gasteiger charge is -2.10. The fourth-order valence-electron chi connectivity index (χ4n) is 2.95.